The third-order valence-corrected chi connectivity index (χ3v) is 5.94. The van der Waals surface area contributed by atoms with Gasteiger partial charge in [-0.05, 0) is 42.8 Å². The fourth-order valence-corrected chi connectivity index (χ4v) is 3.86. The Kier molecular flexibility index (Phi) is 6.89. The molecule has 3 aromatic rings. The second-order valence-electron chi connectivity index (χ2n) is 7.56. The molecule has 4 rings (SSSR count). The quantitative estimate of drug-likeness (QED) is 0.525. The van der Waals surface area contributed by atoms with Gasteiger partial charge in [0.05, 0.1) is 32.8 Å². The van der Waals surface area contributed by atoms with Crippen molar-refractivity contribution in [2.24, 2.45) is 0 Å². The molecule has 0 bridgehead atoms. The molecule has 2 heterocycles. The number of hydrogen-bond donors (Lipinski definition) is 0. The van der Waals surface area contributed by atoms with Crippen molar-refractivity contribution in [1.29, 1.82) is 0 Å². The summed E-state index contributed by atoms with van der Waals surface area (Å²) in [5, 5.41) is 0.883. The Balaban J connectivity index is 1.77. The van der Waals surface area contributed by atoms with E-state index in [1.807, 2.05) is 13.0 Å². The molecular weight excluding hydrogens is 434 g/mol. The van der Waals surface area contributed by atoms with Gasteiger partial charge in [0, 0.05) is 30.2 Å². The van der Waals surface area contributed by atoms with Crippen LogP contribution in [0.4, 0.5) is 0 Å². The molecule has 0 N–H and O–H groups in total. The van der Waals surface area contributed by atoms with E-state index in [9.17, 15) is 4.79 Å². The van der Waals surface area contributed by atoms with E-state index in [4.69, 9.17) is 35.0 Å². The molecule has 0 amide bonds. The van der Waals surface area contributed by atoms with Crippen LogP contribution < -0.4 is 19.6 Å². The molecule has 1 saturated heterocycles. The number of morpholine rings is 1. The molecule has 1 aromatic heterocycles. The van der Waals surface area contributed by atoms with Gasteiger partial charge >= 0.3 is 0 Å². The number of nitrogens with zero attached hydrogens (tertiary/aromatic N) is 1. The molecule has 8 heteroatoms. The highest BCUT2D eigenvalue weighted by atomic mass is 35.5. The second kappa shape index (κ2) is 9.81. The van der Waals surface area contributed by atoms with Gasteiger partial charge in [0.15, 0.2) is 17.3 Å². The monoisotopic (exact) mass is 459 g/mol. The highest BCUT2D eigenvalue weighted by Crippen LogP contribution is 2.37. The lowest BCUT2D eigenvalue weighted by Gasteiger charge is -2.26. The van der Waals surface area contributed by atoms with E-state index in [1.165, 1.54) is 0 Å². The number of ether oxygens (including phenoxy) is 4. The standard InChI is InChI=1S/C24H26ClNO6/c1-15-12-20-17(14-18(15)25)22(27)24(31-11-8-26-6-9-30-10-7-26)23(32-20)16-4-5-19(28-2)21(13-16)29-3/h4-5,12-14H,6-11H2,1-3H3. The van der Waals surface area contributed by atoms with Gasteiger partial charge in [-0.2, -0.15) is 0 Å². The zero-order valence-electron chi connectivity index (χ0n) is 18.4. The fraction of sp³-hybridized carbons (Fsp3) is 0.375. The molecular formula is C24H26ClNO6. The fourth-order valence-electron chi connectivity index (χ4n) is 3.70. The van der Waals surface area contributed by atoms with Crippen molar-refractivity contribution in [3.8, 4) is 28.6 Å². The van der Waals surface area contributed by atoms with E-state index in [1.54, 1.807) is 38.5 Å². The summed E-state index contributed by atoms with van der Waals surface area (Å²) in [7, 11) is 3.13. The number of halogens is 1. The van der Waals surface area contributed by atoms with Gasteiger partial charge < -0.3 is 23.4 Å². The van der Waals surface area contributed by atoms with E-state index >= 15 is 0 Å². The predicted octanol–water partition coefficient (Wildman–Crippen LogP) is 4.15. The molecule has 7 nitrogen and oxygen atoms in total. The predicted molar refractivity (Wildman–Crippen MR) is 124 cm³/mol. The summed E-state index contributed by atoms with van der Waals surface area (Å²) in [6.07, 6.45) is 0. The molecule has 0 aliphatic carbocycles. The molecule has 2 aromatic carbocycles. The Bertz CT molecular complexity index is 1170. The normalized spacial score (nSPS) is 14.5. The first-order valence-corrected chi connectivity index (χ1v) is 10.8. The molecule has 1 fully saturated rings. The molecule has 0 spiro atoms. The highest BCUT2D eigenvalue weighted by Gasteiger charge is 2.21. The third kappa shape index (κ3) is 4.55. The lowest BCUT2D eigenvalue weighted by molar-refractivity contribution is 0.0321. The van der Waals surface area contributed by atoms with E-state index in [0.717, 1.165) is 18.7 Å². The van der Waals surface area contributed by atoms with Crippen molar-refractivity contribution in [3.05, 3.63) is 51.1 Å². The summed E-state index contributed by atoms with van der Waals surface area (Å²) in [6, 6.07) is 8.73. The molecule has 0 atom stereocenters. The van der Waals surface area contributed by atoms with E-state index in [0.29, 0.717) is 65.2 Å². The Morgan fingerprint density at radius 3 is 2.53 bits per heavy atom. The molecule has 1 aliphatic heterocycles. The smallest absolute Gasteiger partial charge is 0.235 e. The Morgan fingerprint density at radius 1 is 1.06 bits per heavy atom. The van der Waals surface area contributed by atoms with Crippen molar-refractivity contribution in [2.75, 3.05) is 53.7 Å². The Labute approximate surface area is 191 Å². The van der Waals surface area contributed by atoms with Crippen LogP contribution in [-0.4, -0.2) is 58.6 Å². The number of benzene rings is 2. The topological polar surface area (TPSA) is 70.4 Å². The summed E-state index contributed by atoms with van der Waals surface area (Å²) < 4.78 is 28.4. The average molecular weight is 460 g/mol. The van der Waals surface area contributed by atoms with E-state index < -0.39 is 0 Å². The maximum absolute atomic E-state index is 13.4. The second-order valence-corrected chi connectivity index (χ2v) is 7.97. The summed E-state index contributed by atoms with van der Waals surface area (Å²) in [5.41, 5.74) is 1.65. The van der Waals surface area contributed by atoms with Gasteiger partial charge in [-0.25, -0.2) is 0 Å². The van der Waals surface area contributed by atoms with Gasteiger partial charge in [0.1, 0.15) is 12.2 Å². The highest BCUT2D eigenvalue weighted by molar-refractivity contribution is 6.32. The van der Waals surface area contributed by atoms with Crippen LogP contribution in [-0.2, 0) is 4.74 Å². The first-order valence-electron chi connectivity index (χ1n) is 10.4. The third-order valence-electron chi connectivity index (χ3n) is 5.53. The molecule has 170 valence electrons. The minimum absolute atomic E-state index is 0.151. The molecule has 0 saturated carbocycles. The van der Waals surface area contributed by atoms with Crippen molar-refractivity contribution >= 4 is 22.6 Å². The Hall–Kier alpha value is -2.74. The van der Waals surface area contributed by atoms with Crippen LogP contribution in [0.5, 0.6) is 17.2 Å². The number of methoxy groups -OCH3 is 2. The average Bonchev–Trinajstić information content (AvgIpc) is 2.82. The van der Waals surface area contributed by atoms with Crippen molar-refractivity contribution in [3.63, 3.8) is 0 Å². The lowest BCUT2D eigenvalue weighted by Crippen LogP contribution is -2.38. The zero-order valence-corrected chi connectivity index (χ0v) is 19.2. The van der Waals surface area contributed by atoms with Crippen LogP contribution in [0.3, 0.4) is 0 Å². The summed E-state index contributed by atoms with van der Waals surface area (Å²) >= 11 is 6.28. The Morgan fingerprint density at radius 2 is 1.81 bits per heavy atom. The van der Waals surface area contributed by atoms with Crippen LogP contribution in [0.2, 0.25) is 5.02 Å². The van der Waals surface area contributed by atoms with Crippen LogP contribution >= 0.6 is 11.6 Å². The number of hydrogen-bond acceptors (Lipinski definition) is 7. The van der Waals surface area contributed by atoms with E-state index in [-0.39, 0.29) is 11.2 Å². The van der Waals surface area contributed by atoms with Crippen LogP contribution in [0.15, 0.2) is 39.5 Å². The van der Waals surface area contributed by atoms with Gasteiger partial charge in [0.25, 0.3) is 0 Å². The summed E-state index contributed by atoms with van der Waals surface area (Å²) in [6.45, 7) is 5.97. The molecule has 32 heavy (non-hydrogen) atoms. The number of rotatable bonds is 7. The van der Waals surface area contributed by atoms with Crippen molar-refractivity contribution in [1.82, 2.24) is 4.90 Å². The first-order chi connectivity index (χ1) is 15.5. The molecule has 0 unspecified atom stereocenters. The van der Waals surface area contributed by atoms with Gasteiger partial charge in [-0.3, -0.25) is 9.69 Å². The number of fused-ring (bicyclic) bond motifs is 1. The van der Waals surface area contributed by atoms with Crippen molar-refractivity contribution in [2.45, 2.75) is 6.92 Å². The SMILES string of the molecule is COc1ccc(-c2oc3cc(C)c(Cl)cc3c(=O)c2OCCN2CCOCC2)cc1OC. The maximum Gasteiger partial charge on any atom is 0.235 e. The number of aryl methyl sites for hydroxylation is 1. The minimum Gasteiger partial charge on any atom is -0.493 e. The van der Waals surface area contributed by atoms with Gasteiger partial charge in [-0.1, -0.05) is 11.6 Å². The van der Waals surface area contributed by atoms with Crippen LogP contribution in [0, 0.1) is 6.92 Å². The maximum atomic E-state index is 13.4. The summed E-state index contributed by atoms with van der Waals surface area (Å²) in [4.78, 5) is 15.7. The zero-order chi connectivity index (χ0) is 22.7. The first kappa shape index (κ1) is 22.5. The largest absolute Gasteiger partial charge is 0.493 e. The van der Waals surface area contributed by atoms with E-state index in [2.05, 4.69) is 4.90 Å². The minimum atomic E-state index is -0.264. The lowest BCUT2D eigenvalue weighted by atomic mass is 10.1. The molecule has 0 radical (unpaired) electrons. The van der Waals surface area contributed by atoms with Crippen molar-refractivity contribution < 1.29 is 23.4 Å². The summed E-state index contributed by atoms with van der Waals surface area (Å²) in [5.74, 6) is 1.60. The van der Waals surface area contributed by atoms with Crippen LogP contribution in [0.1, 0.15) is 5.56 Å². The van der Waals surface area contributed by atoms with Crippen LogP contribution in [0.25, 0.3) is 22.3 Å². The van der Waals surface area contributed by atoms with Gasteiger partial charge in [-0.15, -0.1) is 0 Å². The van der Waals surface area contributed by atoms with Gasteiger partial charge in [0.2, 0.25) is 11.2 Å². The molecule has 1 aliphatic rings.